The molecule has 3 nitrogen and oxygen atoms in total. The van der Waals surface area contributed by atoms with Crippen molar-refractivity contribution in [3.05, 3.63) is 42.2 Å². The van der Waals surface area contributed by atoms with Gasteiger partial charge in [0.25, 0.3) is 0 Å². The van der Waals surface area contributed by atoms with Gasteiger partial charge in [0, 0.05) is 12.2 Å². The molecule has 0 aromatic heterocycles. The van der Waals surface area contributed by atoms with Crippen LogP contribution in [0, 0.1) is 13.8 Å². The lowest BCUT2D eigenvalue weighted by Crippen LogP contribution is -2.29. The van der Waals surface area contributed by atoms with Gasteiger partial charge in [-0.2, -0.15) is 0 Å². The number of anilines is 1. The summed E-state index contributed by atoms with van der Waals surface area (Å²) in [6.45, 7) is 9.06. The fourth-order valence-corrected chi connectivity index (χ4v) is 1.88. The van der Waals surface area contributed by atoms with E-state index in [0.29, 0.717) is 11.7 Å². The molecular formula is C14H20N2OS. The van der Waals surface area contributed by atoms with Crippen LogP contribution in [0.4, 0.5) is 5.69 Å². The maximum Gasteiger partial charge on any atom is 0.170 e. The van der Waals surface area contributed by atoms with Crippen LogP contribution in [0.15, 0.2) is 31.0 Å². The van der Waals surface area contributed by atoms with E-state index in [4.69, 9.17) is 17.0 Å². The van der Waals surface area contributed by atoms with Crippen LogP contribution in [0.1, 0.15) is 17.5 Å². The molecule has 1 aromatic rings. The minimum absolute atomic E-state index is 0.638. The van der Waals surface area contributed by atoms with Crippen molar-refractivity contribution in [3.8, 4) is 0 Å². The molecule has 0 heterocycles. The monoisotopic (exact) mass is 264 g/mol. The second-order valence-electron chi connectivity index (χ2n) is 4.15. The van der Waals surface area contributed by atoms with Crippen molar-refractivity contribution in [1.82, 2.24) is 5.32 Å². The van der Waals surface area contributed by atoms with E-state index in [1.54, 1.807) is 0 Å². The molecule has 0 unspecified atom stereocenters. The van der Waals surface area contributed by atoms with E-state index in [1.165, 1.54) is 17.4 Å². The van der Waals surface area contributed by atoms with Crippen molar-refractivity contribution in [1.29, 1.82) is 0 Å². The van der Waals surface area contributed by atoms with Crippen molar-refractivity contribution < 1.29 is 4.74 Å². The lowest BCUT2D eigenvalue weighted by molar-refractivity contribution is 0.247. The lowest BCUT2D eigenvalue weighted by atomic mass is 10.1. The Morgan fingerprint density at radius 2 is 2.00 bits per heavy atom. The van der Waals surface area contributed by atoms with Crippen LogP contribution in [0.2, 0.25) is 0 Å². The Kier molecular flexibility index (Phi) is 6.22. The van der Waals surface area contributed by atoms with Crippen LogP contribution in [0.5, 0.6) is 0 Å². The molecule has 0 radical (unpaired) electrons. The predicted molar refractivity (Wildman–Crippen MR) is 80.9 cm³/mol. The van der Waals surface area contributed by atoms with Crippen molar-refractivity contribution in [2.75, 3.05) is 18.5 Å². The molecule has 0 bridgehead atoms. The smallest absolute Gasteiger partial charge is 0.170 e. The number of rotatable bonds is 6. The molecule has 0 spiro atoms. The first-order valence-corrected chi connectivity index (χ1v) is 6.38. The number of hydrogen-bond donors (Lipinski definition) is 2. The average molecular weight is 264 g/mol. The standard InChI is InChI=1S/C14H20N2OS/c1-4-17-7-5-6-15-14(18)16-13-9-11(2)8-12(3)10-13/h4,8-10H,1,5-7H2,2-3H3,(H2,15,16,18). The fourth-order valence-electron chi connectivity index (χ4n) is 1.66. The number of nitrogens with one attached hydrogen (secondary N) is 2. The van der Waals surface area contributed by atoms with Gasteiger partial charge in [-0.05, 0) is 55.7 Å². The molecule has 0 saturated heterocycles. The van der Waals surface area contributed by atoms with Crippen molar-refractivity contribution in [3.63, 3.8) is 0 Å². The number of benzene rings is 1. The Labute approximate surface area is 114 Å². The van der Waals surface area contributed by atoms with Crippen LogP contribution >= 0.6 is 12.2 Å². The summed E-state index contributed by atoms with van der Waals surface area (Å²) in [6.07, 6.45) is 2.34. The number of ether oxygens (including phenoxy) is 1. The Bertz CT molecular complexity index is 398. The van der Waals surface area contributed by atoms with Crippen LogP contribution in [-0.4, -0.2) is 18.3 Å². The third-order valence-corrected chi connectivity index (χ3v) is 2.57. The molecule has 0 aliphatic heterocycles. The normalized spacial score (nSPS) is 9.67. The van der Waals surface area contributed by atoms with E-state index < -0.39 is 0 Å². The number of hydrogen-bond acceptors (Lipinski definition) is 2. The maximum absolute atomic E-state index is 5.22. The summed E-state index contributed by atoms with van der Waals surface area (Å²) in [5.41, 5.74) is 3.46. The molecule has 0 amide bonds. The van der Waals surface area contributed by atoms with Gasteiger partial charge in [-0.3, -0.25) is 0 Å². The predicted octanol–water partition coefficient (Wildman–Crippen LogP) is 3.14. The molecule has 1 aromatic carbocycles. The summed E-state index contributed by atoms with van der Waals surface area (Å²) in [6, 6.07) is 6.28. The molecule has 0 saturated carbocycles. The van der Waals surface area contributed by atoms with Gasteiger partial charge in [0.05, 0.1) is 12.9 Å². The molecule has 1 rings (SSSR count). The van der Waals surface area contributed by atoms with Crippen LogP contribution in [-0.2, 0) is 4.74 Å². The minimum atomic E-state index is 0.638. The summed E-state index contributed by atoms with van der Waals surface area (Å²) in [7, 11) is 0. The van der Waals surface area contributed by atoms with E-state index in [0.717, 1.165) is 18.7 Å². The molecule has 0 atom stereocenters. The van der Waals surface area contributed by atoms with E-state index in [2.05, 4.69) is 49.3 Å². The fraction of sp³-hybridized carbons (Fsp3) is 0.357. The summed E-state index contributed by atoms with van der Waals surface area (Å²) in [5.74, 6) is 0. The van der Waals surface area contributed by atoms with Crippen LogP contribution in [0.25, 0.3) is 0 Å². The Hall–Kier alpha value is -1.55. The van der Waals surface area contributed by atoms with Gasteiger partial charge in [0.2, 0.25) is 0 Å². The van der Waals surface area contributed by atoms with Gasteiger partial charge in [0.1, 0.15) is 0 Å². The van der Waals surface area contributed by atoms with Crippen molar-refractivity contribution in [2.24, 2.45) is 0 Å². The zero-order valence-corrected chi connectivity index (χ0v) is 11.8. The minimum Gasteiger partial charge on any atom is -0.502 e. The van der Waals surface area contributed by atoms with Crippen molar-refractivity contribution in [2.45, 2.75) is 20.3 Å². The summed E-state index contributed by atoms with van der Waals surface area (Å²) in [4.78, 5) is 0. The van der Waals surface area contributed by atoms with Gasteiger partial charge < -0.3 is 15.4 Å². The van der Waals surface area contributed by atoms with Crippen molar-refractivity contribution >= 4 is 23.0 Å². The van der Waals surface area contributed by atoms with E-state index >= 15 is 0 Å². The van der Waals surface area contributed by atoms with Gasteiger partial charge in [-0.25, -0.2) is 0 Å². The average Bonchev–Trinajstić information content (AvgIpc) is 2.27. The Morgan fingerprint density at radius 1 is 1.33 bits per heavy atom. The topological polar surface area (TPSA) is 33.3 Å². The maximum atomic E-state index is 5.22. The first-order chi connectivity index (χ1) is 8.61. The molecule has 0 aliphatic rings. The van der Waals surface area contributed by atoms with E-state index in [1.807, 2.05) is 0 Å². The largest absolute Gasteiger partial charge is 0.502 e. The molecule has 0 aliphatic carbocycles. The third-order valence-electron chi connectivity index (χ3n) is 2.32. The zero-order chi connectivity index (χ0) is 13.4. The van der Waals surface area contributed by atoms with Crippen LogP contribution in [0.3, 0.4) is 0 Å². The number of aryl methyl sites for hydroxylation is 2. The second-order valence-corrected chi connectivity index (χ2v) is 4.56. The molecule has 0 fully saturated rings. The lowest BCUT2D eigenvalue weighted by Gasteiger charge is -2.11. The first kappa shape index (κ1) is 14.5. The van der Waals surface area contributed by atoms with E-state index in [-0.39, 0.29) is 0 Å². The highest BCUT2D eigenvalue weighted by molar-refractivity contribution is 7.80. The third kappa shape index (κ3) is 5.68. The Morgan fingerprint density at radius 3 is 2.61 bits per heavy atom. The molecule has 98 valence electrons. The van der Waals surface area contributed by atoms with Gasteiger partial charge >= 0.3 is 0 Å². The molecular weight excluding hydrogens is 244 g/mol. The highest BCUT2D eigenvalue weighted by atomic mass is 32.1. The summed E-state index contributed by atoms with van der Waals surface area (Å²) in [5, 5.41) is 6.95. The first-order valence-electron chi connectivity index (χ1n) is 5.97. The molecule has 2 N–H and O–H groups in total. The Balaban J connectivity index is 2.33. The van der Waals surface area contributed by atoms with Gasteiger partial charge in [-0.15, -0.1) is 0 Å². The zero-order valence-electron chi connectivity index (χ0n) is 11.0. The molecule has 4 heteroatoms. The summed E-state index contributed by atoms with van der Waals surface area (Å²) < 4.78 is 5.03. The van der Waals surface area contributed by atoms with Gasteiger partial charge in [-0.1, -0.05) is 12.6 Å². The van der Waals surface area contributed by atoms with E-state index in [9.17, 15) is 0 Å². The SMILES string of the molecule is C=COCCCNC(=S)Nc1cc(C)cc(C)c1. The molecule has 18 heavy (non-hydrogen) atoms. The highest BCUT2D eigenvalue weighted by Crippen LogP contribution is 2.13. The second kappa shape index (κ2) is 7.71. The number of thiocarbonyl (C=S) groups is 1. The quantitative estimate of drug-likeness (QED) is 0.470. The van der Waals surface area contributed by atoms with Crippen LogP contribution < -0.4 is 10.6 Å². The summed E-state index contributed by atoms with van der Waals surface area (Å²) >= 11 is 5.22. The van der Waals surface area contributed by atoms with Gasteiger partial charge in [0.15, 0.2) is 5.11 Å². The highest BCUT2D eigenvalue weighted by Gasteiger charge is 1.99.